The highest BCUT2D eigenvalue weighted by Gasteiger charge is 2.21. The van der Waals surface area contributed by atoms with Gasteiger partial charge in [-0.05, 0) is 10.6 Å². The normalized spacial score (nSPS) is 21.4. The summed E-state index contributed by atoms with van der Waals surface area (Å²) in [6, 6.07) is 0. The van der Waals surface area contributed by atoms with Crippen LogP contribution in [0.2, 0.25) is 5.28 Å². The van der Waals surface area contributed by atoms with E-state index in [1.807, 2.05) is 0 Å². The first-order valence-electron chi connectivity index (χ1n) is 3.11. The summed E-state index contributed by atoms with van der Waals surface area (Å²) in [4.78, 5) is 0. The van der Waals surface area contributed by atoms with E-state index < -0.39 is 14.5 Å². The average Bonchev–Trinajstić information content (AvgIpc) is 1.90. The first-order valence-corrected chi connectivity index (χ1v) is 6.33. The van der Waals surface area contributed by atoms with Gasteiger partial charge >= 0.3 is 14.5 Å². The third-order valence-corrected chi connectivity index (χ3v) is 5.72. The molecule has 0 aromatic carbocycles. The minimum Gasteiger partial charge on any atom is -0.500 e. The van der Waals surface area contributed by atoms with Crippen molar-refractivity contribution in [1.82, 2.24) is 0 Å². The molecule has 8 heavy (non-hydrogen) atoms. The number of alkyl halides is 1. The molecule has 3 heteroatoms. The van der Waals surface area contributed by atoms with Gasteiger partial charge in [-0.2, -0.15) is 0 Å². The molecule has 0 unspecified atom stereocenters. The summed E-state index contributed by atoms with van der Waals surface area (Å²) in [6.07, 6.45) is 2.69. The maximum absolute atomic E-state index is 5.52. The molecule has 0 spiro atoms. The maximum Gasteiger partial charge on any atom is 0.472 e. The van der Waals surface area contributed by atoms with Gasteiger partial charge in [0.05, 0.1) is 0 Å². The Bertz CT molecular complexity index is 63.4. The smallest absolute Gasteiger partial charge is 0.472 e. The summed E-state index contributed by atoms with van der Waals surface area (Å²) >= 11 is 2.76. The number of hydrogen-bond donors (Lipinski definition) is 0. The van der Waals surface area contributed by atoms with Crippen molar-refractivity contribution in [2.75, 3.05) is 10.8 Å². The van der Waals surface area contributed by atoms with Crippen molar-refractivity contribution in [3.63, 3.8) is 0 Å². The number of halogens is 1. The van der Waals surface area contributed by atoms with Crippen molar-refractivity contribution in [3.05, 3.63) is 0 Å². The molecule has 1 saturated heterocycles. The van der Waals surface area contributed by atoms with Crippen LogP contribution in [0.1, 0.15) is 12.8 Å². The van der Waals surface area contributed by atoms with E-state index in [4.69, 9.17) is 3.79 Å². The molecule has 1 aliphatic heterocycles. The van der Waals surface area contributed by atoms with E-state index in [1.54, 1.807) is 0 Å². The van der Waals surface area contributed by atoms with Gasteiger partial charge in [0.15, 0.2) is 0 Å². The fraction of sp³-hybridized carbons (Fsp3) is 1.00. The maximum atomic E-state index is 5.52. The third kappa shape index (κ3) is 2.07. The van der Waals surface area contributed by atoms with Gasteiger partial charge in [-0.15, -0.1) is 15.9 Å². The molecule has 0 radical (unpaired) electrons. The zero-order valence-corrected chi connectivity index (χ0v) is 7.64. The lowest BCUT2D eigenvalue weighted by atomic mass is 10.4. The predicted octanol–water partition coefficient (Wildman–Crippen LogP) is 1.72. The van der Waals surface area contributed by atoms with Crippen LogP contribution < -0.4 is 0 Å². The Balaban J connectivity index is 2.13. The number of rotatable bonds is 1. The lowest BCUT2D eigenvalue weighted by Gasteiger charge is -2.15. The Morgan fingerprint density at radius 2 is 2.38 bits per heavy atom. The fourth-order valence-electron chi connectivity index (χ4n) is 0.929. The quantitative estimate of drug-likeness (QED) is 0.455. The van der Waals surface area contributed by atoms with Crippen LogP contribution in [0.3, 0.4) is 0 Å². The summed E-state index contributed by atoms with van der Waals surface area (Å²) in [7, 11) is 0. The number of hydrogen-bond acceptors (Lipinski definition) is 1. The molecule has 0 amide bonds. The van der Waals surface area contributed by atoms with E-state index in [1.165, 1.54) is 18.1 Å². The SMILES string of the molecule is Br[CH2][Al]1[CH2]CCC[O]1. The van der Waals surface area contributed by atoms with Gasteiger partial charge in [-0.1, -0.05) is 11.7 Å². The lowest BCUT2D eigenvalue weighted by Crippen LogP contribution is -2.24. The molecule has 1 rings (SSSR count). The summed E-state index contributed by atoms with van der Waals surface area (Å²) in [5.41, 5.74) is 0. The minimum absolute atomic E-state index is 0.689. The standard InChI is InChI=1S/C4H8O.CH2Br.Al/c1-2-3-4-5;1-2;/h1-4H2;1H2;/q-1;;+1. The van der Waals surface area contributed by atoms with E-state index in [0.717, 1.165) is 10.8 Å². The van der Waals surface area contributed by atoms with Crippen molar-refractivity contribution in [1.29, 1.82) is 0 Å². The molecule has 1 nitrogen and oxygen atoms in total. The molecule has 0 aromatic rings. The first kappa shape index (κ1) is 7.08. The van der Waals surface area contributed by atoms with Crippen molar-refractivity contribution < 1.29 is 3.79 Å². The highest BCUT2D eigenvalue weighted by Crippen LogP contribution is 2.11. The first-order chi connectivity index (χ1) is 3.93. The summed E-state index contributed by atoms with van der Waals surface area (Å²) in [5, 5.41) is 1.38. The van der Waals surface area contributed by atoms with Crippen LogP contribution in [0.25, 0.3) is 0 Å². The van der Waals surface area contributed by atoms with Crippen LogP contribution >= 0.6 is 15.9 Å². The second-order valence-electron chi connectivity index (χ2n) is 2.14. The molecular formula is C5H10AlBrO. The Kier molecular flexibility index (Phi) is 3.45. The zero-order valence-electron chi connectivity index (χ0n) is 4.90. The van der Waals surface area contributed by atoms with Crippen LogP contribution in [0, 0.1) is 0 Å². The molecule has 1 fully saturated rings. The van der Waals surface area contributed by atoms with Gasteiger partial charge in [0.2, 0.25) is 0 Å². The molecule has 0 N–H and O–H groups in total. The topological polar surface area (TPSA) is 9.23 Å². The third-order valence-electron chi connectivity index (χ3n) is 1.45. The fourth-order valence-corrected chi connectivity index (χ4v) is 4.12. The van der Waals surface area contributed by atoms with Crippen LogP contribution in [0.5, 0.6) is 0 Å². The largest absolute Gasteiger partial charge is 0.500 e. The summed E-state index contributed by atoms with van der Waals surface area (Å²) in [5.74, 6) is 0. The van der Waals surface area contributed by atoms with Gasteiger partial charge in [0.1, 0.15) is 0 Å². The molecule has 0 atom stereocenters. The van der Waals surface area contributed by atoms with Gasteiger partial charge in [0, 0.05) is 6.61 Å². The molecule has 0 aliphatic carbocycles. The lowest BCUT2D eigenvalue weighted by molar-refractivity contribution is 0.290. The second kappa shape index (κ2) is 3.90. The Morgan fingerprint density at radius 1 is 1.50 bits per heavy atom. The highest BCUT2D eigenvalue weighted by molar-refractivity contribution is 9.09. The summed E-state index contributed by atoms with van der Waals surface area (Å²) < 4.78 is 6.66. The Hall–Kier alpha value is 0.972. The Morgan fingerprint density at radius 3 is 2.75 bits per heavy atom. The molecule has 0 bridgehead atoms. The zero-order chi connectivity index (χ0) is 5.82. The van der Waals surface area contributed by atoms with E-state index >= 15 is 0 Å². The average molecular weight is 193 g/mol. The van der Waals surface area contributed by atoms with Crippen molar-refractivity contribution in [2.45, 2.75) is 18.1 Å². The monoisotopic (exact) mass is 192 g/mol. The van der Waals surface area contributed by atoms with Gasteiger partial charge < -0.3 is 3.79 Å². The van der Waals surface area contributed by atoms with Crippen LogP contribution in [-0.2, 0) is 3.79 Å². The molecule has 1 heterocycles. The molecule has 46 valence electrons. The minimum atomic E-state index is -0.689. The van der Waals surface area contributed by atoms with E-state index in [9.17, 15) is 0 Å². The summed E-state index contributed by atoms with van der Waals surface area (Å²) in [6.45, 7) is 1.03. The molecule has 0 saturated carbocycles. The van der Waals surface area contributed by atoms with Gasteiger partial charge in [-0.25, -0.2) is 0 Å². The van der Waals surface area contributed by atoms with Crippen LogP contribution in [0.4, 0.5) is 0 Å². The van der Waals surface area contributed by atoms with E-state index in [2.05, 4.69) is 15.9 Å². The highest BCUT2D eigenvalue weighted by atomic mass is 79.9. The van der Waals surface area contributed by atoms with E-state index in [0.29, 0.717) is 0 Å². The molecule has 1 aliphatic rings. The second-order valence-corrected chi connectivity index (χ2v) is 6.55. The van der Waals surface area contributed by atoms with Crippen LogP contribution in [0.15, 0.2) is 0 Å². The molecular weight excluding hydrogens is 183 g/mol. The predicted molar refractivity (Wildman–Crippen MR) is 39.5 cm³/mol. The Labute approximate surface area is 63.3 Å². The van der Waals surface area contributed by atoms with Crippen molar-refractivity contribution in [3.8, 4) is 0 Å². The van der Waals surface area contributed by atoms with E-state index in [-0.39, 0.29) is 0 Å². The van der Waals surface area contributed by atoms with Crippen LogP contribution in [-0.4, -0.2) is 25.3 Å². The molecule has 0 aromatic heterocycles. The van der Waals surface area contributed by atoms with Gasteiger partial charge in [0.25, 0.3) is 0 Å². The van der Waals surface area contributed by atoms with Crippen molar-refractivity contribution in [2.24, 2.45) is 0 Å². The van der Waals surface area contributed by atoms with Gasteiger partial charge in [-0.3, -0.25) is 0 Å². The van der Waals surface area contributed by atoms with Crippen molar-refractivity contribution >= 4 is 30.4 Å².